The van der Waals surface area contributed by atoms with E-state index < -0.39 is 0 Å². The lowest BCUT2D eigenvalue weighted by Gasteiger charge is -2.21. The van der Waals surface area contributed by atoms with Crippen molar-refractivity contribution in [1.29, 1.82) is 0 Å². The average molecular weight is 207 g/mol. The predicted molar refractivity (Wildman–Crippen MR) is 64.0 cm³/mol. The molecule has 0 aliphatic rings. The van der Waals surface area contributed by atoms with Crippen LogP contribution in [-0.4, -0.2) is 11.1 Å². The highest BCUT2D eigenvalue weighted by Crippen LogP contribution is 2.23. The van der Waals surface area contributed by atoms with Crippen LogP contribution in [0, 0.1) is 0 Å². The molecule has 1 atom stereocenters. The second-order valence-corrected chi connectivity index (χ2v) is 3.96. The van der Waals surface area contributed by atoms with Gasteiger partial charge in [-0.25, -0.2) is 0 Å². The first-order valence-electron chi connectivity index (χ1n) is 5.73. The van der Waals surface area contributed by atoms with E-state index in [1.165, 1.54) is 0 Å². The Morgan fingerprint density at radius 1 is 1.20 bits per heavy atom. The molecule has 0 spiro atoms. The van der Waals surface area contributed by atoms with E-state index in [1.54, 1.807) is 6.07 Å². The molecule has 0 amide bonds. The second kappa shape index (κ2) is 5.76. The van der Waals surface area contributed by atoms with E-state index in [0.29, 0.717) is 11.8 Å². The number of hydrogen-bond donors (Lipinski definition) is 2. The zero-order valence-electron chi connectivity index (χ0n) is 9.83. The van der Waals surface area contributed by atoms with Crippen LogP contribution in [0.25, 0.3) is 0 Å². The van der Waals surface area contributed by atoms with Crippen LogP contribution in [0.2, 0.25) is 0 Å². The van der Waals surface area contributed by atoms with Crippen molar-refractivity contribution >= 4 is 0 Å². The van der Waals surface area contributed by atoms with Crippen LogP contribution in [0.15, 0.2) is 24.3 Å². The third kappa shape index (κ3) is 3.24. The van der Waals surface area contributed by atoms with Crippen molar-refractivity contribution in [3.05, 3.63) is 29.8 Å². The Labute approximate surface area is 92.3 Å². The van der Waals surface area contributed by atoms with Gasteiger partial charge in [0, 0.05) is 17.6 Å². The van der Waals surface area contributed by atoms with Crippen LogP contribution < -0.4 is 5.32 Å². The summed E-state index contributed by atoms with van der Waals surface area (Å²) in [4.78, 5) is 0. The third-order valence-electron chi connectivity index (χ3n) is 2.87. The quantitative estimate of drug-likeness (QED) is 0.777. The van der Waals surface area contributed by atoms with Gasteiger partial charge in [-0.2, -0.15) is 0 Å². The van der Waals surface area contributed by atoms with E-state index in [1.807, 2.05) is 18.2 Å². The summed E-state index contributed by atoms with van der Waals surface area (Å²) >= 11 is 0. The molecule has 1 aromatic rings. The Balaban J connectivity index is 2.68. The Morgan fingerprint density at radius 3 is 2.33 bits per heavy atom. The van der Waals surface area contributed by atoms with E-state index in [9.17, 15) is 5.11 Å². The number of aromatic hydroxyl groups is 1. The van der Waals surface area contributed by atoms with Gasteiger partial charge in [0.1, 0.15) is 5.75 Å². The first-order valence-corrected chi connectivity index (χ1v) is 5.73. The van der Waals surface area contributed by atoms with Gasteiger partial charge in [-0.15, -0.1) is 0 Å². The van der Waals surface area contributed by atoms with Crippen LogP contribution in [-0.2, 0) is 0 Å². The minimum Gasteiger partial charge on any atom is -0.508 e. The topological polar surface area (TPSA) is 32.3 Å². The molecular formula is C13H21NO. The Bertz CT molecular complexity index is 294. The molecule has 0 bridgehead atoms. The molecule has 0 saturated carbocycles. The number of phenols is 1. The number of benzene rings is 1. The van der Waals surface area contributed by atoms with E-state index in [0.717, 1.165) is 18.4 Å². The van der Waals surface area contributed by atoms with Gasteiger partial charge in [0.05, 0.1) is 0 Å². The van der Waals surface area contributed by atoms with Gasteiger partial charge >= 0.3 is 0 Å². The highest BCUT2D eigenvalue weighted by Gasteiger charge is 2.12. The normalized spacial score (nSPS) is 13.1. The summed E-state index contributed by atoms with van der Waals surface area (Å²) in [5.74, 6) is 0.378. The molecule has 0 radical (unpaired) electrons. The maximum absolute atomic E-state index is 9.70. The third-order valence-corrected chi connectivity index (χ3v) is 2.87. The number of nitrogens with one attached hydrogen (secondary N) is 1. The number of hydrogen-bond acceptors (Lipinski definition) is 2. The molecule has 2 heteroatoms. The lowest BCUT2D eigenvalue weighted by atomic mass is 10.0. The number of rotatable bonds is 5. The molecule has 0 fully saturated rings. The molecule has 1 rings (SSSR count). The van der Waals surface area contributed by atoms with E-state index in [4.69, 9.17) is 0 Å². The van der Waals surface area contributed by atoms with Crippen molar-refractivity contribution in [2.24, 2.45) is 0 Å². The summed E-state index contributed by atoms with van der Waals surface area (Å²) in [6.45, 7) is 6.45. The fourth-order valence-corrected chi connectivity index (χ4v) is 1.82. The van der Waals surface area contributed by atoms with Crippen molar-refractivity contribution in [3.8, 4) is 5.75 Å². The van der Waals surface area contributed by atoms with Crippen LogP contribution in [0.4, 0.5) is 0 Å². The Morgan fingerprint density at radius 2 is 1.80 bits per heavy atom. The van der Waals surface area contributed by atoms with Gasteiger partial charge in [0.25, 0.3) is 0 Å². The van der Waals surface area contributed by atoms with Gasteiger partial charge in [-0.05, 0) is 25.8 Å². The van der Waals surface area contributed by atoms with Crippen LogP contribution in [0.3, 0.4) is 0 Å². The number of para-hydroxylation sites is 1. The Kier molecular flexibility index (Phi) is 4.63. The molecule has 0 aliphatic carbocycles. The van der Waals surface area contributed by atoms with Gasteiger partial charge in [0.2, 0.25) is 0 Å². The minimum absolute atomic E-state index is 0.205. The fraction of sp³-hybridized carbons (Fsp3) is 0.538. The van der Waals surface area contributed by atoms with Gasteiger partial charge in [-0.3, -0.25) is 0 Å². The molecule has 0 heterocycles. The summed E-state index contributed by atoms with van der Waals surface area (Å²) in [7, 11) is 0. The lowest BCUT2D eigenvalue weighted by molar-refractivity contribution is 0.411. The first kappa shape index (κ1) is 12.1. The minimum atomic E-state index is 0.205. The average Bonchev–Trinajstić information content (AvgIpc) is 2.26. The summed E-state index contributed by atoms with van der Waals surface area (Å²) in [5, 5.41) is 13.2. The van der Waals surface area contributed by atoms with E-state index >= 15 is 0 Å². The van der Waals surface area contributed by atoms with Crippen molar-refractivity contribution in [1.82, 2.24) is 5.32 Å². The molecule has 0 aliphatic heterocycles. The van der Waals surface area contributed by atoms with Crippen molar-refractivity contribution in [2.75, 3.05) is 0 Å². The monoisotopic (exact) mass is 207 g/mol. The largest absolute Gasteiger partial charge is 0.508 e. The van der Waals surface area contributed by atoms with Crippen LogP contribution in [0.1, 0.15) is 45.2 Å². The van der Waals surface area contributed by atoms with Crippen LogP contribution in [0.5, 0.6) is 5.75 Å². The van der Waals surface area contributed by atoms with Crippen LogP contribution >= 0.6 is 0 Å². The molecule has 0 saturated heterocycles. The second-order valence-electron chi connectivity index (χ2n) is 3.96. The van der Waals surface area contributed by atoms with E-state index in [2.05, 4.69) is 26.1 Å². The summed E-state index contributed by atoms with van der Waals surface area (Å²) in [6.07, 6.45) is 2.24. The summed E-state index contributed by atoms with van der Waals surface area (Å²) in [5.41, 5.74) is 0.976. The zero-order chi connectivity index (χ0) is 11.3. The van der Waals surface area contributed by atoms with Crippen molar-refractivity contribution < 1.29 is 5.11 Å². The molecule has 1 aromatic carbocycles. The highest BCUT2D eigenvalue weighted by atomic mass is 16.3. The maximum atomic E-state index is 9.70. The molecule has 0 aromatic heterocycles. The van der Waals surface area contributed by atoms with Crippen molar-refractivity contribution in [3.63, 3.8) is 0 Å². The molecule has 2 nitrogen and oxygen atoms in total. The first-order chi connectivity index (χ1) is 7.19. The summed E-state index contributed by atoms with van der Waals surface area (Å²) in [6, 6.07) is 8.24. The smallest absolute Gasteiger partial charge is 0.120 e. The van der Waals surface area contributed by atoms with Gasteiger partial charge in [0.15, 0.2) is 0 Å². The van der Waals surface area contributed by atoms with E-state index in [-0.39, 0.29) is 6.04 Å². The molecule has 84 valence electrons. The van der Waals surface area contributed by atoms with Gasteiger partial charge in [-0.1, -0.05) is 32.0 Å². The maximum Gasteiger partial charge on any atom is 0.120 e. The SMILES string of the molecule is CCC(CC)N[C@H](C)c1ccccc1O. The molecule has 15 heavy (non-hydrogen) atoms. The standard InChI is InChI=1S/C13H21NO/c1-4-11(5-2)14-10(3)12-8-6-7-9-13(12)15/h6-11,14-15H,4-5H2,1-3H3/t10-/m1/s1. The zero-order valence-corrected chi connectivity index (χ0v) is 9.83. The van der Waals surface area contributed by atoms with Gasteiger partial charge < -0.3 is 10.4 Å². The predicted octanol–water partition coefficient (Wildman–Crippen LogP) is 3.23. The van der Waals surface area contributed by atoms with Crippen molar-refractivity contribution in [2.45, 2.75) is 45.7 Å². The molecule has 2 N–H and O–H groups in total. The number of phenolic OH excluding ortho intramolecular Hbond substituents is 1. The fourth-order valence-electron chi connectivity index (χ4n) is 1.82. The Hall–Kier alpha value is -1.02. The highest BCUT2D eigenvalue weighted by molar-refractivity contribution is 5.34. The lowest BCUT2D eigenvalue weighted by Crippen LogP contribution is -2.30. The molecular weight excluding hydrogens is 186 g/mol. The molecule has 0 unspecified atom stereocenters. The summed E-state index contributed by atoms with van der Waals surface area (Å²) < 4.78 is 0.